The van der Waals surface area contributed by atoms with Crippen LogP contribution in [0.3, 0.4) is 0 Å². The van der Waals surface area contributed by atoms with Gasteiger partial charge in [0.2, 0.25) is 0 Å². The zero-order valence-electron chi connectivity index (χ0n) is 14.6. The lowest BCUT2D eigenvalue weighted by molar-refractivity contribution is -0.0441. The molecule has 8 nitrogen and oxygen atoms in total. The van der Waals surface area contributed by atoms with Gasteiger partial charge in [0.15, 0.2) is 12.2 Å². The maximum atomic E-state index is 11.6. The average Bonchev–Trinajstić information content (AvgIpc) is 3.07. The molecule has 0 bridgehead atoms. The summed E-state index contributed by atoms with van der Waals surface area (Å²) in [6.07, 6.45) is -3.59. The lowest BCUT2D eigenvalue weighted by Crippen LogP contribution is -2.36. The summed E-state index contributed by atoms with van der Waals surface area (Å²) in [5, 5.41) is 0. The largest absolute Gasteiger partial charge is 0.508 e. The highest BCUT2D eigenvalue weighted by Crippen LogP contribution is 2.31. The normalized spacial score (nSPS) is 28.8. The van der Waals surface area contributed by atoms with Crippen LogP contribution in [0, 0.1) is 11.8 Å². The van der Waals surface area contributed by atoms with Crippen molar-refractivity contribution in [2.24, 2.45) is 11.8 Å². The van der Waals surface area contributed by atoms with Gasteiger partial charge in [0, 0.05) is 0 Å². The van der Waals surface area contributed by atoms with E-state index in [2.05, 4.69) is 0 Å². The first-order valence-corrected chi connectivity index (χ1v) is 8.26. The topological polar surface area (TPSA) is 89.5 Å². The maximum Gasteiger partial charge on any atom is 0.508 e. The average molecular weight is 346 g/mol. The summed E-state index contributed by atoms with van der Waals surface area (Å²) in [6.45, 7) is 8.65. The van der Waals surface area contributed by atoms with Gasteiger partial charge < -0.3 is 28.4 Å². The Morgan fingerprint density at radius 1 is 0.833 bits per heavy atom. The molecule has 0 aromatic heterocycles. The van der Waals surface area contributed by atoms with E-state index in [9.17, 15) is 9.59 Å². The molecule has 0 saturated carbocycles. The first kappa shape index (κ1) is 18.8. The van der Waals surface area contributed by atoms with Crippen molar-refractivity contribution in [3.8, 4) is 0 Å². The van der Waals surface area contributed by atoms with Crippen molar-refractivity contribution in [3.05, 3.63) is 0 Å². The van der Waals surface area contributed by atoms with Crippen LogP contribution < -0.4 is 0 Å². The molecule has 2 fully saturated rings. The third kappa shape index (κ3) is 5.24. The molecule has 24 heavy (non-hydrogen) atoms. The van der Waals surface area contributed by atoms with Crippen molar-refractivity contribution in [1.29, 1.82) is 0 Å². The fraction of sp³-hybridized carbons (Fsp3) is 0.875. The van der Waals surface area contributed by atoms with E-state index < -0.39 is 36.7 Å². The summed E-state index contributed by atoms with van der Waals surface area (Å²) in [5.41, 5.74) is 0. The zero-order chi connectivity index (χ0) is 17.7. The van der Waals surface area contributed by atoms with Gasteiger partial charge in [0.05, 0.1) is 26.4 Å². The highest BCUT2D eigenvalue weighted by molar-refractivity contribution is 5.61. The Morgan fingerprint density at radius 3 is 1.54 bits per heavy atom. The summed E-state index contributed by atoms with van der Waals surface area (Å²) in [7, 11) is 0. The van der Waals surface area contributed by atoms with Gasteiger partial charge in [-0.25, -0.2) is 9.59 Å². The van der Waals surface area contributed by atoms with E-state index in [0.29, 0.717) is 0 Å². The second-order valence-corrected chi connectivity index (χ2v) is 6.82. The van der Waals surface area contributed by atoms with Crippen LogP contribution in [0.15, 0.2) is 0 Å². The molecule has 0 aromatic rings. The number of carbonyl (C=O) groups excluding carboxylic acids is 2. The number of ether oxygens (including phenoxy) is 6. The molecule has 2 rings (SSSR count). The van der Waals surface area contributed by atoms with Crippen LogP contribution in [-0.2, 0) is 28.4 Å². The number of fused-ring (bicyclic) bond motifs is 1. The Balaban J connectivity index is 1.77. The minimum absolute atomic E-state index is 0.174. The van der Waals surface area contributed by atoms with Gasteiger partial charge in [-0.15, -0.1) is 0 Å². The van der Waals surface area contributed by atoms with E-state index in [0.717, 1.165) is 0 Å². The molecule has 0 N–H and O–H groups in total. The highest BCUT2D eigenvalue weighted by Gasteiger charge is 2.51. The van der Waals surface area contributed by atoms with E-state index in [1.807, 2.05) is 27.7 Å². The van der Waals surface area contributed by atoms with Crippen molar-refractivity contribution < 1.29 is 38.0 Å². The van der Waals surface area contributed by atoms with Crippen molar-refractivity contribution in [2.45, 2.75) is 52.1 Å². The molecule has 8 heteroatoms. The fourth-order valence-corrected chi connectivity index (χ4v) is 2.42. The lowest BCUT2D eigenvalue weighted by atomic mass is 10.1. The van der Waals surface area contributed by atoms with Crippen molar-refractivity contribution in [3.63, 3.8) is 0 Å². The number of rotatable bonds is 6. The summed E-state index contributed by atoms with van der Waals surface area (Å²) >= 11 is 0. The van der Waals surface area contributed by atoms with E-state index in [4.69, 9.17) is 28.4 Å². The molecule has 0 aromatic carbocycles. The van der Waals surface area contributed by atoms with Crippen LogP contribution in [0.4, 0.5) is 9.59 Å². The first-order chi connectivity index (χ1) is 11.4. The van der Waals surface area contributed by atoms with Gasteiger partial charge in [-0.2, -0.15) is 0 Å². The molecule has 4 unspecified atom stereocenters. The van der Waals surface area contributed by atoms with Crippen molar-refractivity contribution in [2.75, 3.05) is 26.4 Å². The third-order valence-electron chi connectivity index (χ3n) is 3.53. The smallest absolute Gasteiger partial charge is 0.434 e. The van der Waals surface area contributed by atoms with Gasteiger partial charge in [-0.1, -0.05) is 27.7 Å². The first-order valence-electron chi connectivity index (χ1n) is 8.26. The van der Waals surface area contributed by atoms with Gasteiger partial charge in [-0.3, -0.25) is 0 Å². The Labute approximate surface area is 141 Å². The molecule has 2 heterocycles. The predicted octanol–water partition coefficient (Wildman–Crippen LogP) is 2.14. The van der Waals surface area contributed by atoms with Crippen LogP contribution >= 0.6 is 0 Å². The molecule has 0 spiro atoms. The maximum absolute atomic E-state index is 11.6. The van der Waals surface area contributed by atoms with Crippen LogP contribution in [-0.4, -0.2) is 63.2 Å². The van der Waals surface area contributed by atoms with Crippen molar-refractivity contribution in [1.82, 2.24) is 0 Å². The number of carbonyl (C=O) groups is 2. The standard InChI is InChI=1S/C16H26O8/c1-9(2)5-21-15(17)23-11-7-19-14-12(8-20-13(11)14)24-16(18)22-6-10(3)4/h9-14H,5-8H2,1-4H3. The van der Waals surface area contributed by atoms with Crippen LogP contribution in [0.25, 0.3) is 0 Å². The number of hydrogen-bond donors (Lipinski definition) is 0. The zero-order valence-corrected chi connectivity index (χ0v) is 14.6. The van der Waals surface area contributed by atoms with Crippen molar-refractivity contribution >= 4 is 12.3 Å². The van der Waals surface area contributed by atoms with E-state index in [1.165, 1.54) is 0 Å². The summed E-state index contributed by atoms with van der Waals surface area (Å²) in [6, 6.07) is 0. The molecule has 0 radical (unpaired) electrons. The van der Waals surface area contributed by atoms with Crippen LogP contribution in [0.2, 0.25) is 0 Å². The molecule has 2 aliphatic rings. The quantitative estimate of drug-likeness (QED) is 0.676. The molecule has 2 saturated heterocycles. The molecule has 0 aliphatic carbocycles. The Kier molecular flexibility index (Phi) is 6.68. The molecular weight excluding hydrogens is 320 g/mol. The van der Waals surface area contributed by atoms with E-state index in [1.54, 1.807) is 0 Å². The van der Waals surface area contributed by atoms with Gasteiger partial charge >= 0.3 is 12.3 Å². The Bertz CT molecular complexity index is 396. The second-order valence-electron chi connectivity index (χ2n) is 6.82. The predicted molar refractivity (Wildman–Crippen MR) is 81.6 cm³/mol. The summed E-state index contributed by atoms with van der Waals surface area (Å²) in [4.78, 5) is 23.3. The van der Waals surface area contributed by atoms with E-state index >= 15 is 0 Å². The molecule has 0 amide bonds. The minimum Gasteiger partial charge on any atom is -0.434 e. The minimum atomic E-state index is -0.748. The summed E-state index contributed by atoms with van der Waals surface area (Å²) in [5.74, 6) is 0.449. The molecule has 4 atom stereocenters. The second kappa shape index (κ2) is 8.53. The molecule has 2 aliphatic heterocycles. The monoisotopic (exact) mass is 346 g/mol. The highest BCUT2D eigenvalue weighted by atomic mass is 16.8. The Hall–Kier alpha value is -1.54. The van der Waals surface area contributed by atoms with Crippen LogP contribution in [0.5, 0.6) is 0 Å². The molecular formula is C16H26O8. The van der Waals surface area contributed by atoms with Gasteiger partial charge in [0.25, 0.3) is 0 Å². The summed E-state index contributed by atoms with van der Waals surface area (Å²) < 4.78 is 31.5. The molecule has 138 valence electrons. The third-order valence-corrected chi connectivity index (χ3v) is 3.53. The van der Waals surface area contributed by atoms with Gasteiger partial charge in [0.1, 0.15) is 12.2 Å². The Morgan fingerprint density at radius 2 is 1.21 bits per heavy atom. The van der Waals surface area contributed by atoms with Gasteiger partial charge in [-0.05, 0) is 11.8 Å². The number of hydrogen-bond acceptors (Lipinski definition) is 8. The SMILES string of the molecule is CC(C)COC(=O)OC1COC2C(OC(=O)OCC(C)C)COC12. The fourth-order valence-electron chi connectivity index (χ4n) is 2.42. The van der Waals surface area contributed by atoms with E-state index in [-0.39, 0.29) is 38.3 Å². The van der Waals surface area contributed by atoms with Crippen LogP contribution in [0.1, 0.15) is 27.7 Å². The lowest BCUT2D eigenvalue weighted by Gasteiger charge is -2.17.